The summed E-state index contributed by atoms with van der Waals surface area (Å²) in [7, 11) is -9.73. The molecule has 0 spiro atoms. The molecule has 0 fully saturated rings. The van der Waals surface area contributed by atoms with E-state index in [0.29, 0.717) is 19.3 Å². The van der Waals surface area contributed by atoms with Crippen LogP contribution in [0.4, 0.5) is 0 Å². The fourth-order valence-corrected chi connectivity index (χ4v) is 6.41. The fourth-order valence-electron chi connectivity index (χ4n) is 5.25. The second-order valence-electron chi connectivity index (χ2n) is 14.4. The number of allylic oxidation sites excluding steroid dienone is 7. The smallest absolute Gasteiger partial charge is 0.462 e. The molecule has 0 heterocycles. The van der Waals surface area contributed by atoms with Gasteiger partial charge in [0, 0.05) is 12.8 Å². The molecule has 0 rings (SSSR count). The van der Waals surface area contributed by atoms with Crippen molar-refractivity contribution in [1.29, 1.82) is 0 Å². The van der Waals surface area contributed by atoms with E-state index in [1.807, 2.05) is 12.2 Å². The van der Waals surface area contributed by atoms with E-state index < -0.39 is 72.3 Å². The van der Waals surface area contributed by atoms with Gasteiger partial charge in [0.2, 0.25) is 0 Å². The maximum atomic E-state index is 12.6. The number of hydrogen-bond donors (Lipinski definition) is 5. The second-order valence-corrected chi connectivity index (χ2v) is 17.1. The highest BCUT2D eigenvalue weighted by molar-refractivity contribution is 7.47. The first-order chi connectivity index (χ1) is 27.2. The summed E-state index contributed by atoms with van der Waals surface area (Å²) in [5.74, 6) is -0.462. The molecular weight excluding hydrogens is 778 g/mol. The Hall–Kier alpha value is -1.96. The molecule has 0 amide bonds. The van der Waals surface area contributed by atoms with Gasteiger partial charge in [0.05, 0.1) is 25.9 Å². The fraction of sp³-hybridized carbons (Fsp3) is 0.756. The molecule has 0 aromatic carbocycles. The Balaban J connectivity index is 4.74. The zero-order chi connectivity index (χ0) is 42.6. The SMILES string of the molecule is CCCCC/C=C\C/C=C\C/C=C\C=C\[C@@H](O)CCCC(=O)OC[C@H](COP(=O)(O)OC[C@@H](O)COP(=O)(O)O)OC(=O)CCCCCCCCCCC(C)CC. The molecule has 0 aromatic heterocycles. The molecule has 0 radical (unpaired) electrons. The van der Waals surface area contributed by atoms with Crippen LogP contribution in [0.15, 0.2) is 48.6 Å². The summed E-state index contributed by atoms with van der Waals surface area (Å²) < 4.78 is 47.5. The average Bonchev–Trinajstić information content (AvgIpc) is 3.16. The van der Waals surface area contributed by atoms with E-state index in [-0.39, 0.29) is 12.8 Å². The number of carbonyl (C=O) groups excluding carboxylic acids is 2. The molecule has 0 bridgehead atoms. The maximum Gasteiger partial charge on any atom is 0.472 e. The van der Waals surface area contributed by atoms with Crippen LogP contribution < -0.4 is 0 Å². The first-order valence-corrected chi connectivity index (χ1v) is 23.9. The van der Waals surface area contributed by atoms with E-state index >= 15 is 0 Å². The molecule has 0 saturated carbocycles. The summed E-state index contributed by atoms with van der Waals surface area (Å²) in [4.78, 5) is 52.6. The summed E-state index contributed by atoms with van der Waals surface area (Å²) in [6.45, 7) is 3.78. The topological polar surface area (TPSA) is 216 Å². The molecule has 5 N–H and O–H groups in total. The van der Waals surface area contributed by atoms with Crippen LogP contribution in [-0.4, -0.2) is 81.6 Å². The first-order valence-electron chi connectivity index (χ1n) is 20.8. The molecule has 2 unspecified atom stereocenters. The van der Waals surface area contributed by atoms with Gasteiger partial charge in [-0.05, 0) is 50.9 Å². The lowest BCUT2D eigenvalue weighted by atomic mass is 9.99. The summed E-state index contributed by atoms with van der Waals surface area (Å²) in [6, 6.07) is 0. The molecule has 0 aromatic rings. The zero-order valence-electron chi connectivity index (χ0n) is 34.7. The van der Waals surface area contributed by atoms with Gasteiger partial charge in [-0.2, -0.15) is 0 Å². The van der Waals surface area contributed by atoms with Crippen molar-refractivity contribution in [1.82, 2.24) is 0 Å². The number of hydrogen-bond acceptors (Lipinski definition) is 11. The van der Waals surface area contributed by atoms with Gasteiger partial charge < -0.3 is 34.4 Å². The van der Waals surface area contributed by atoms with E-state index in [2.05, 4.69) is 54.1 Å². The lowest BCUT2D eigenvalue weighted by molar-refractivity contribution is -0.161. The van der Waals surface area contributed by atoms with Crippen molar-refractivity contribution in [3.8, 4) is 0 Å². The van der Waals surface area contributed by atoms with E-state index in [1.54, 1.807) is 12.2 Å². The van der Waals surface area contributed by atoms with Gasteiger partial charge in [0.15, 0.2) is 6.10 Å². The predicted octanol–water partition coefficient (Wildman–Crippen LogP) is 9.11. The van der Waals surface area contributed by atoms with Crippen molar-refractivity contribution < 1.29 is 66.7 Å². The van der Waals surface area contributed by atoms with Crippen LogP contribution in [0.1, 0.15) is 149 Å². The van der Waals surface area contributed by atoms with E-state index in [1.165, 1.54) is 51.4 Å². The monoisotopic (exact) mass is 852 g/mol. The number of aliphatic hydroxyl groups is 2. The molecule has 57 heavy (non-hydrogen) atoms. The second kappa shape index (κ2) is 35.9. The largest absolute Gasteiger partial charge is 0.472 e. The van der Waals surface area contributed by atoms with E-state index in [4.69, 9.17) is 23.8 Å². The quantitative estimate of drug-likeness (QED) is 0.0129. The Morgan fingerprint density at radius 2 is 1.23 bits per heavy atom. The molecule has 5 atom stereocenters. The van der Waals surface area contributed by atoms with Crippen LogP contribution in [0.2, 0.25) is 0 Å². The van der Waals surface area contributed by atoms with Crippen molar-refractivity contribution in [2.45, 2.75) is 167 Å². The third-order valence-corrected chi connectivity index (χ3v) is 10.3. The minimum absolute atomic E-state index is 0.0336. The maximum absolute atomic E-state index is 12.6. The minimum atomic E-state index is -4.88. The normalized spacial score (nSPS) is 15.7. The Bertz CT molecular complexity index is 1230. The number of phosphoric acid groups is 2. The summed E-state index contributed by atoms with van der Waals surface area (Å²) >= 11 is 0. The van der Waals surface area contributed by atoms with Gasteiger partial charge in [-0.15, -0.1) is 0 Å². The van der Waals surface area contributed by atoms with Crippen LogP contribution in [0.3, 0.4) is 0 Å². The van der Waals surface area contributed by atoms with Gasteiger partial charge in [-0.25, -0.2) is 9.13 Å². The number of esters is 2. The van der Waals surface area contributed by atoms with E-state index in [0.717, 1.165) is 50.9 Å². The van der Waals surface area contributed by atoms with Crippen molar-refractivity contribution in [2.75, 3.05) is 26.4 Å². The third kappa shape index (κ3) is 39.3. The zero-order valence-corrected chi connectivity index (χ0v) is 36.5. The number of aliphatic hydroxyl groups excluding tert-OH is 2. The lowest BCUT2D eigenvalue weighted by Crippen LogP contribution is -2.30. The summed E-state index contributed by atoms with van der Waals surface area (Å²) in [6.07, 6.45) is 30.1. The highest BCUT2D eigenvalue weighted by atomic mass is 31.2. The van der Waals surface area contributed by atoms with Crippen molar-refractivity contribution in [2.24, 2.45) is 5.92 Å². The van der Waals surface area contributed by atoms with Crippen LogP contribution in [-0.2, 0) is 41.8 Å². The third-order valence-electron chi connectivity index (χ3n) is 8.86. The highest BCUT2D eigenvalue weighted by Crippen LogP contribution is 2.43. The molecule has 0 saturated heterocycles. The van der Waals surface area contributed by atoms with Crippen LogP contribution in [0, 0.1) is 5.92 Å². The molecule has 16 heteroatoms. The van der Waals surface area contributed by atoms with Crippen LogP contribution in [0.5, 0.6) is 0 Å². The predicted molar refractivity (Wildman–Crippen MR) is 222 cm³/mol. The summed E-state index contributed by atoms with van der Waals surface area (Å²) in [5, 5.41) is 20.0. The average molecular weight is 853 g/mol. The minimum Gasteiger partial charge on any atom is -0.462 e. The number of ether oxygens (including phenoxy) is 2. The van der Waals surface area contributed by atoms with Crippen LogP contribution >= 0.6 is 15.6 Å². The Morgan fingerprint density at radius 3 is 1.89 bits per heavy atom. The van der Waals surface area contributed by atoms with Gasteiger partial charge in [-0.3, -0.25) is 23.2 Å². The molecule has 0 aliphatic rings. The molecular formula is C41H74O14P2. The van der Waals surface area contributed by atoms with Gasteiger partial charge in [0.25, 0.3) is 0 Å². The Kier molecular flexibility index (Phi) is 34.7. The Labute approximate surface area is 342 Å². The van der Waals surface area contributed by atoms with Crippen molar-refractivity contribution in [3.05, 3.63) is 48.6 Å². The van der Waals surface area contributed by atoms with E-state index in [9.17, 15) is 33.8 Å². The van der Waals surface area contributed by atoms with Crippen molar-refractivity contribution >= 4 is 27.6 Å². The standard InChI is InChI=1S/C41H74O14P2/c1-4-6-7-8-9-10-11-12-13-14-18-21-24-28-37(42)29-26-31-40(44)51-34-39(35-54-57(49,50)53-33-38(43)32-52-56(46,47)48)55-41(45)30-25-22-19-16-15-17-20-23-27-36(3)5-2/h9-10,12-13,18,21,24,28,36-39,42-43H,4-8,11,14-17,19-20,22-23,25-27,29-35H2,1-3H3,(H,49,50)(H2,46,47,48)/b10-9-,13-12-,21-18-,28-24+/t36?,37-,38+,39-/m1/s1. The number of carbonyl (C=O) groups is 2. The summed E-state index contributed by atoms with van der Waals surface area (Å²) in [5.41, 5.74) is 0. The van der Waals surface area contributed by atoms with Crippen LogP contribution in [0.25, 0.3) is 0 Å². The number of phosphoric ester groups is 2. The molecule has 14 nitrogen and oxygen atoms in total. The number of unbranched alkanes of at least 4 members (excludes halogenated alkanes) is 10. The molecule has 332 valence electrons. The lowest BCUT2D eigenvalue weighted by Gasteiger charge is -2.20. The first kappa shape index (κ1) is 55.0. The number of rotatable bonds is 38. The van der Waals surface area contributed by atoms with Gasteiger partial charge >= 0.3 is 27.6 Å². The molecule has 0 aliphatic carbocycles. The highest BCUT2D eigenvalue weighted by Gasteiger charge is 2.28. The van der Waals surface area contributed by atoms with Crippen molar-refractivity contribution in [3.63, 3.8) is 0 Å². The molecule has 0 aliphatic heterocycles. The van der Waals surface area contributed by atoms with Gasteiger partial charge in [0.1, 0.15) is 12.7 Å². The Morgan fingerprint density at radius 1 is 0.632 bits per heavy atom. The van der Waals surface area contributed by atoms with Gasteiger partial charge in [-0.1, -0.05) is 140 Å².